The molecular weight excluding hydrogens is 587 g/mol. The van der Waals surface area contributed by atoms with E-state index in [0.29, 0.717) is 48.6 Å². The highest BCUT2D eigenvalue weighted by molar-refractivity contribution is 5.86. The second-order valence-corrected chi connectivity index (χ2v) is 9.69. The minimum absolute atomic E-state index is 0. The maximum atomic E-state index is 14.8. The number of aliphatic hydroxyl groups is 1. The Morgan fingerprint density at radius 2 is 1.90 bits per heavy atom. The number of carbonyl (C=O) groups is 1. The standard InChI is InChI=1S/C29H28F4N2O4.2ClH/c1-39-21-5-6-25-22(14-21)28(24(32)15-34-25)26(36)7-4-17-8-10-35(16-19(17)12-27(37)38)9-2-3-18-11-20(30)13-23(31)29(18)33;;/h5-6,11,13-15,17,19,26,36H,4,7-10,12,16H2,1H3,(H,37,38);2*1H/t17?,19?,26-;;/m1../s1. The number of likely N-dealkylation sites (tertiary alicyclic amines) is 1. The number of pyridine rings is 1. The van der Waals surface area contributed by atoms with Crippen LogP contribution >= 0.6 is 24.8 Å². The van der Waals surface area contributed by atoms with Gasteiger partial charge in [0.2, 0.25) is 0 Å². The summed E-state index contributed by atoms with van der Waals surface area (Å²) < 4.78 is 60.6. The average Bonchev–Trinajstić information content (AvgIpc) is 2.90. The van der Waals surface area contributed by atoms with Gasteiger partial charge < -0.3 is 14.9 Å². The molecule has 0 amide bonds. The smallest absolute Gasteiger partial charge is 0.303 e. The normalized spacial score (nSPS) is 17.5. The molecule has 1 saturated heterocycles. The SMILES string of the molecule is COc1ccc2ncc(F)c([C@H](O)CCC3CCN(CC#Cc4cc(F)cc(F)c4F)CC3CC(=O)O)c2c1.Cl.Cl. The molecule has 2 N–H and O–H groups in total. The lowest BCUT2D eigenvalue weighted by Gasteiger charge is -2.37. The van der Waals surface area contributed by atoms with Crippen molar-refractivity contribution < 1.29 is 37.3 Å². The van der Waals surface area contributed by atoms with Crippen LogP contribution < -0.4 is 4.74 Å². The number of aromatic nitrogens is 1. The van der Waals surface area contributed by atoms with Gasteiger partial charge in [0.15, 0.2) is 11.6 Å². The van der Waals surface area contributed by atoms with Crippen LogP contribution in [0.1, 0.15) is 42.9 Å². The number of ether oxygens (including phenoxy) is 1. The van der Waals surface area contributed by atoms with Crippen molar-refractivity contribution in [3.05, 3.63) is 70.9 Å². The monoisotopic (exact) mass is 616 g/mol. The molecule has 2 heterocycles. The topological polar surface area (TPSA) is 82.9 Å². The van der Waals surface area contributed by atoms with Crippen molar-refractivity contribution in [2.45, 2.75) is 31.8 Å². The summed E-state index contributed by atoms with van der Waals surface area (Å²) in [5.74, 6) is 0.312. The molecular formula is C29H30Cl2F4N2O4. The Balaban J connectivity index is 0.00000294. The third kappa shape index (κ3) is 8.46. The number of hydrogen-bond acceptors (Lipinski definition) is 5. The van der Waals surface area contributed by atoms with Crippen molar-refractivity contribution in [3.8, 4) is 17.6 Å². The fourth-order valence-electron chi connectivity index (χ4n) is 5.18. The molecule has 12 heteroatoms. The molecule has 1 aromatic heterocycles. The Kier molecular flexibility index (Phi) is 12.7. The molecule has 4 rings (SSSR count). The van der Waals surface area contributed by atoms with E-state index in [1.54, 1.807) is 18.2 Å². The first kappa shape index (κ1) is 34.1. The molecule has 1 aliphatic heterocycles. The number of aliphatic carboxylic acids is 1. The van der Waals surface area contributed by atoms with Crippen molar-refractivity contribution in [2.24, 2.45) is 11.8 Å². The van der Waals surface area contributed by atoms with Gasteiger partial charge in [0.05, 0.1) is 37.0 Å². The van der Waals surface area contributed by atoms with E-state index in [9.17, 15) is 32.6 Å². The Hall–Kier alpha value is -3.10. The van der Waals surface area contributed by atoms with Crippen molar-refractivity contribution in [1.29, 1.82) is 0 Å². The summed E-state index contributed by atoms with van der Waals surface area (Å²) in [5, 5.41) is 20.9. The average molecular weight is 617 g/mol. The molecule has 0 bridgehead atoms. The number of piperidine rings is 1. The van der Waals surface area contributed by atoms with E-state index in [1.807, 2.05) is 4.90 Å². The first-order chi connectivity index (χ1) is 18.7. The van der Waals surface area contributed by atoms with E-state index < -0.39 is 35.3 Å². The highest BCUT2D eigenvalue weighted by Gasteiger charge is 2.31. The van der Waals surface area contributed by atoms with E-state index in [0.717, 1.165) is 12.3 Å². The molecule has 222 valence electrons. The van der Waals surface area contributed by atoms with Crippen molar-refractivity contribution in [3.63, 3.8) is 0 Å². The summed E-state index contributed by atoms with van der Waals surface area (Å²) in [5.41, 5.74) is 0.264. The Morgan fingerprint density at radius 3 is 2.61 bits per heavy atom. The van der Waals surface area contributed by atoms with E-state index in [2.05, 4.69) is 16.8 Å². The Morgan fingerprint density at radius 1 is 1.15 bits per heavy atom. The third-order valence-corrected chi connectivity index (χ3v) is 7.14. The molecule has 3 atom stereocenters. The number of carboxylic acid groups (broad SMARTS) is 1. The van der Waals surface area contributed by atoms with Gasteiger partial charge >= 0.3 is 5.97 Å². The van der Waals surface area contributed by atoms with E-state index in [4.69, 9.17) is 4.74 Å². The van der Waals surface area contributed by atoms with Crippen molar-refractivity contribution in [2.75, 3.05) is 26.7 Å². The van der Waals surface area contributed by atoms with Gasteiger partial charge in [0.25, 0.3) is 0 Å². The number of carboxylic acids is 1. The fraction of sp³-hybridized carbons (Fsp3) is 0.379. The molecule has 0 radical (unpaired) electrons. The minimum Gasteiger partial charge on any atom is -0.497 e. The molecule has 6 nitrogen and oxygen atoms in total. The minimum atomic E-state index is -1.32. The number of rotatable bonds is 8. The molecule has 41 heavy (non-hydrogen) atoms. The second-order valence-electron chi connectivity index (χ2n) is 9.69. The second kappa shape index (κ2) is 15.2. The predicted molar refractivity (Wildman–Crippen MR) is 150 cm³/mol. The van der Waals surface area contributed by atoms with E-state index in [-0.39, 0.29) is 67.2 Å². The van der Waals surface area contributed by atoms with Crippen LogP contribution in [0, 0.1) is 46.9 Å². The maximum absolute atomic E-state index is 14.8. The molecule has 0 spiro atoms. The van der Waals surface area contributed by atoms with Gasteiger partial charge in [-0.25, -0.2) is 17.6 Å². The first-order valence-electron chi connectivity index (χ1n) is 12.5. The summed E-state index contributed by atoms with van der Waals surface area (Å²) in [4.78, 5) is 17.5. The van der Waals surface area contributed by atoms with Crippen LogP contribution in [0.2, 0.25) is 0 Å². The zero-order valence-electron chi connectivity index (χ0n) is 22.1. The van der Waals surface area contributed by atoms with Crippen molar-refractivity contribution >= 4 is 41.7 Å². The van der Waals surface area contributed by atoms with Crippen LogP contribution in [-0.4, -0.2) is 52.8 Å². The Bertz CT molecular complexity index is 1430. The molecule has 3 aromatic rings. The van der Waals surface area contributed by atoms with Crippen LogP contribution in [-0.2, 0) is 4.79 Å². The lowest BCUT2D eigenvalue weighted by atomic mass is 9.79. The van der Waals surface area contributed by atoms with Gasteiger partial charge in [-0.05, 0) is 61.9 Å². The fourth-order valence-corrected chi connectivity index (χ4v) is 5.18. The van der Waals surface area contributed by atoms with Crippen LogP contribution in [0.5, 0.6) is 5.75 Å². The van der Waals surface area contributed by atoms with Crippen LogP contribution in [0.3, 0.4) is 0 Å². The maximum Gasteiger partial charge on any atom is 0.303 e. The highest BCUT2D eigenvalue weighted by atomic mass is 35.5. The van der Waals surface area contributed by atoms with E-state index in [1.165, 1.54) is 7.11 Å². The van der Waals surface area contributed by atoms with Gasteiger partial charge in [0.1, 0.15) is 17.4 Å². The quantitative estimate of drug-likeness (QED) is 0.186. The van der Waals surface area contributed by atoms with Crippen molar-refractivity contribution in [1.82, 2.24) is 9.88 Å². The number of methoxy groups -OCH3 is 1. The van der Waals surface area contributed by atoms with Gasteiger partial charge in [-0.3, -0.25) is 14.7 Å². The summed E-state index contributed by atoms with van der Waals surface area (Å²) in [6, 6.07) is 6.28. The number of fused-ring (bicyclic) bond motifs is 1. The molecule has 0 aliphatic carbocycles. The van der Waals surface area contributed by atoms with Gasteiger partial charge in [0, 0.05) is 30.0 Å². The predicted octanol–water partition coefficient (Wildman–Crippen LogP) is 5.92. The summed E-state index contributed by atoms with van der Waals surface area (Å²) >= 11 is 0. The molecule has 2 unspecified atom stereocenters. The molecule has 1 aliphatic rings. The number of halogens is 6. The molecule has 0 saturated carbocycles. The highest BCUT2D eigenvalue weighted by Crippen LogP contribution is 2.35. The number of nitrogens with zero attached hydrogens (tertiary/aromatic N) is 2. The van der Waals surface area contributed by atoms with E-state index >= 15 is 0 Å². The van der Waals surface area contributed by atoms with Crippen LogP contribution in [0.15, 0.2) is 36.5 Å². The number of benzene rings is 2. The number of aliphatic hydroxyl groups excluding tert-OH is 1. The summed E-state index contributed by atoms with van der Waals surface area (Å²) in [6.07, 6.45) is 1.15. The lowest BCUT2D eigenvalue weighted by molar-refractivity contribution is -0.139. The molecule has 2 aromatic carbocycles. The zero-order chi connectivity index (χ0) is 28.1. The van der Waals surface area contributed by atoms with Gasteiger partial charge in [-0.2, -0.15) is 0 Å². The van der Waals surface area contributed by atoms with Gasteiger partial charge in [-0.15, -0.1) is 24.8 Å². The summed E-state index contributed by atoms with van der Waals surface area (Å²) in [7, 11) is 1.49. The lowest BCUT2D eigenvalue weighted by Crippen LogP contribution is -2.41. The Labute approximate surface area is 247 Å². The van der Waals surface area contributed by atoms with Crippen LogP contribution in [0.25, 0.3) is 10.9 Å². The third-order valence-electron chi connectivity index (χ3n) is 7.14. The zero-order valence-corrected chi connectivity index (χ0v) is 23.7. The summed E-state index contributed by atoms with van der Waals surface area (Å²) in [6.45, 7) is 1.12. The first-order valence-corrected chi connectivity index (χ1v) is 12.5. The number of hydrogen-bond donors (Lipinski definition) is 2. The van der Waals surface area contributed by atoms with Crippen LogP contribution in [0.4, 0.5) is 17.6 Å². The largest absolute Gasteiger partial charge is 0.497 e. The van der Waals surface area contributed by atoms with Gasteiger partial charge in [-0.1, -0.05) is 11.8 Å². The molecule has 1 fully saturated rings.